The number of hydrogen-bond acceptors (Lipinski definition) is 2. The third-order valence-electron chi connectivity index (χ3n) is 3.02. The van der Waals surface area contributed by atoms with Crippen LogP contribution in [0.25, 0.3) is 0 Å². The molecule has 21 heavy (non-hydrogen) atoms. The first-order valence-electron chi connectivity index (χ1n) is 6.44. The first-order valence-corrected chi connectivity index (χ1v) is 6.44. The molecule has 0 spiro atoms. The number of hydrogen-bond donors (Lipinski definition) is 1. The fourth-order valence-electron chi connectivity index (χ4n) is 2.08. The molecular weight excluding hydrogens is 284 g/mol. The number of rotatable bonds is 4. The van der Waals surface area contributed by atoms with Crippen LogP contribution in [0.3, 0.4) is 0 Å². The Morgan fingerprint density at radius 3 is 2.57 bits per heavy atom. The second kappa shape index (κ2) is 6.22. The summed E-state index contributed by atoms with van der Waals surface area (Å²) in [5.74, 6) is -0.555. The van der Waals surface area contributed by atoms with E-state index in [2.05, 4.69) is 10.3 Å². The summed E-state index contributed by atoms with van der Waals surface area (Å²) in [7, 11) is 0. The number of aromatic nitrogens is 1. The average Bonchev–Trinajstić information content (AvgIpc) is 2.45. The van der Waals surface area contributed by atoms with Crippen molar-refractivity contribution in [3.63, 3.8) is 0 Å². The summed E-state index contributed by atoms with van der Waals surface area (Å²) in [6.07, 6.45) is -3.02. The second-order valence-corrected chi connectivity index (χ2v) is 4.48. The summed E-state index contributed by atoms with van der Waals surface area (Å²) in [6.45, 7) is 2.26. The van der Waals surface area contributed by atoms with E-state index >= 15 is 0 Å². The van der Waals surface area contributed by atoms with Gasteiger partial charge in [-0.25, -0.2) is 4.39 Å². The molecule has 112 valence electrons. The molecule has 0 aliphatic heterocycles. The Labute approximate surface area is 119 Å². The van der Waals surface area contributed by atoms with Crippen LogP contribution in [0.15, 0.2) is 42.6 Å². The highest BCUT2D eigenvalue weighted by atomic mass is 19.4. The Balaban J connectivity index is 2.46. The van der Waals surface area contributed by atoms with Gasteiger partial charge in [0.2, 0.25) is 0 Å². The van der Waals surface area contributed by atoms with E-state index in [1.165, 1.54) is 30.5 Å². The third kappa shape index (κ3) is 3.58. The van der Waals surface area contributed by atoms with Gasteiger partial charge in [0.05, 0.1) is 17.3 Å². The normalized spacial score (nSPS) is 13.2. The molecule has 0 amide bonds. The van der Waals surface area contributed by atoms with E-state index in [0.717, 1.165) is 12.1 Å². The van der Waals surface area contributed by atoms with Crippen LogP contribution in [0.2, 0.25) is 0 Å². The van der Waals surface area contributed by atoms with E-state index in [1.54, 1.807) is 6.92 Å². The van der Waals surface area contributed by atoms with Crippen LogP contribution in [0, 0.1) is 5.82 Å². The van der Waals surface area contributed by atoms with Gasteiger partial charge in [0.1, 0.15) is 5.82 Å². The molecule has 1 N–H and O–H groups in total. The zero-order chi connectivity index (χ0) is 15.5. The number of pyridine rings is 1. The van der Waals surface area contributed by atoms with Crippen molar-refractivity contribution in [1.29, 1.82) is 0 Å². The molecule has 1 aromatic heterocycles. The first kappa shape index (κ1) is 15.4. The lowest BCUT2D eigenvalue weighted by atomic mass is 10.00. The molecule has 2 nitrogen and oxygen atoms in total. The number of nitrogens with one attached hydrogen (secondary N) is 1. The standard InChI is InChI=1S/C15H14F4N2/c1-2-20-13(14-12(16)7-4-8-21-14)10-5-3-6-11(9-10)15(17,18)19/h3-9,13,20H,2H2,1H3. The molecule has 2 aromatic rings. The number of benzene rings is 1. The lowest BCUT2D eigenvalue weighted by Crippen LogP contribution is -2.24. The van der Waals surface area contributed by atoms with Crippen LogP contribution in [0.5, 0.6) is 0 Å². The maximum absolute atomic E-state index is 13.9. The van der Waals surface area contributed by atoms with E-state index in [-0.39, 0.29) is 5.69 Å². The molecule has 1 heterocycles. The van der Waals surface area contributed by atoms with Gasteiger partial charge in [-0.3, -0.25) is 4.98 Å². The predicted octanol–water partition coefficient (Wildman–Crippen LogP) is 3.94. The zero-order valence-corrected chi connectivity index (χ0v) is 11.3. The minimum absolute atomic E-state index is 0.0821. The molecule has 1 aromatic carbocycles. The Bertz CT molecular complexity index is 611. The van der Waals surface area contributed by atoms with Gasteiger partial charge in [0.15, 0.2) is 0 Å². The number of halogens is 4. The zero-order valence-electron chi connectivity index (χ0n) is 11.3. The number of nitrogens with zero attached hydrogens (tertiary/aromatic N) is 1. The van der Waals surface area contributed by atoms with E-state index < -0.39 is 23.6 Å². The van der Waals surface area contributed by atoms with Crippen molar-refractivity contribution in [1.82, 2.24) is 10.3 Å². The number of alkyl halides is 3. The minimum atomic E-state index is -4.44. The van der Waals surface area contributed by atoms with Crippen LogP contribution in [-0.4, -0.2) is 11.5 Å². The molecular formula is C15H14F4N2. The first-order chi connectivity index (χ1) is 9.93. The van der Waals surface area contributed by atoms with Gasteiger partial charge in [-0.1, -0.05) is 19.1 Å². The quantitative estimate of drug-likeness (QED) is 0.865. The van der Waals surface area contributed by atoms with Crippen molar-refractivity contribution in [3.05, 3.63) is 65.2 Å². The summed E-state index contributed by atoms with van der Waals surface area (Å²) in [5, 5.41) is 2.96. The van der Waals surface area contributed by atoms with E-state index in [0.29, 0.717) is 12.1 Å². The Morgan fingerprint density at radius 2 is 1.95 bits per heavy atom. The summed E-state index contributed by atoms with van der Waals surface area (Å²) in [4.78, 5) is 3.95. The fourth-order valence-corrected chi connectivity index (χ4v) is 2.08. The van der Waals surface area contributed by atoms with Crippen LogP contribution < -0.4 is 5.32 Å². The van der Waals surface area contributed by atoms with Crippen molar-refractivity contribution in [2.45, 2.75) is 19.1 Å². The molecule has 0 radical (unpaired) electrons. The fraction of sp³-hybridized carbons (Fsp3) is 0.267. The Hall–Kier alpha value is -1.95. The highest BCUT2D eigenvalue weighted by Gasteiger charge is 2.31. The molecule has 1 atom stereocenters. The molecule has 0 fully saturated rings. The summed E-state index contributed by atoms with van der Waals surface area (Å²) < 4.78 is 52.2. The smallest absolute Gasteiger partial charge is 0.305 e. The molecule has 0 saturated heterocycles. The molecule has 0 saturated carbocycles. The summed E-state index contributed by atoms with van der Waals surface area (Å²) >= 11 is 0. The topological polar surface area (TPSA) is 24.9 Å². The van der Waals surface area contributed by atoms with Crippen LogP contribution in [0.4, 0.5) is 17.6 Å². The van der Waals surface area contributed by atoms with Crippen LogP contribution in [0.1, 0.15) is 29.8 Å². The van der Waals surface area contributed by atoms with Gasteiger partial charge in [0.25, 0.3) is 0 Å². The lowest BCUT2D eigenvalue weighted by Gasteiger charge is -2.19. The highest BCUT2D eigenvalue weighted by molar-refractivity contribution is 5.33. The highest BCUT2D eigenvalue weighted by Crippen LogP contribution is 2.32. The predicted molar refractivity (Wildman–Crippen MR) is 71.2 cm³/mol. The van der Waals surface area contributed by atoms with E-state index in [1.807, 2.05) is 0 Å². The average molecular weight is 298 g/mol. The van der Waals surface area contributed by atoms with Crippen molar-refractivity contribution in [2.75, 3.05) is 6.54 Å². The molecule has 0 aliphatic carbocycles. The van der Waals surface area contributed by atoms with Crippen molar-refractivity contribution in [3.8, 4) is 0 Å². The van der Waals surface area contributed by atoms with Gasteiger partial charge in [0, 0.05) is 6.20 Å². The molecule has 1 unspecified atom stereocenters. The Morgan fingerprint density at radius 1 is 1.19 bits per heavy atom. The van der Waals surface area contributed by atoms with Gasteiger partial charge < -0.3 is 5.32 Å². The summed E-state index contributed by atoms with van der Waals surface area (Å²) in [6, 6.07) is 6.79. The lowest BCUT2D eigenvalue weighted by molar-refractivity contribution is -0.137. The third-order valence-corrected chi connectivity index (χ3v) is 3.02. The van der Waals surface area contributed by atoms with Gasteiger partial charge >= 0.3 is 6.18 Å². The van der Waals surface area contributed by atoms with Crippen molar-refractivity contribution >= 4 is 0 Å². The second-order valence-electron chi connectivity index (χ2n) is 4.48. The molecule has 0 bridgehead atoms. The maximum atomic E-state index is 13.9. The van der Waals surface area contributed by atoms with Crippen LogP contribution in [-0.2, 0) is 6.18 Å². The van der Waals surface area contributed by atoms with Crippen molar-refractivity contribution < 1.29 is 17.6 Å². The molecule has 6 heteroatoms. The summed E-state index contributed by atoms with van der Waals surface area (Å²) in [5.41, 5.74) is -0.359. The van der Waals surface area contributed by atoms with Gasteiger partial charge in [-0.2, -0.15) is 13.2 Å². The minimum Gasteiger partial charge on any atom is -0.305 e. The Kier molecular flexibility index (Phi) is 4.57. The van der Waals surface area contributed by atoms with Gasteiger partial charge in [-0.05, 0) is 36.4 Å². The van der Waals surface area contributed by atoms with E-state index in [4.69, 9.17) is 0 Å². The van der Waals surface area contributed by atoms with E-state index in [9.17, 15) is 17.6 Å². The van der Waals surface area contributed by atoms with Crippen LogP contribution >= 0.6 is 0 Å². The SMILES string of the molecule is CCNC(c1cccc(C(F)(F)F)c1)c1ncccc1F. The molecule has 2 rings (SSSR count). The monoisotopic (exact) mass is 298 g/mol. The van der Waals surface area contributed by atoms with Gasteiger partial charge in [-0.15, -0.1) is 0 Å². The maximum Gasteiger partial charge on any atom is 0.416 e. The van der Waals surface area contributed by atoms with Crippen molar-refractivity contribution in [2.24, 2.45) is 0 Å². The molecule has 0 aliphatic rings. The largest absolute Gasteiger partial charge is 0.416 e.